The van der Waals surface area contributed by atoms with Crippen molar-refractivity contribution in [3.8, 4) is 18.7 Å². The number of likely N-dealkylation sites (tertiary alicyclic amines) is 2. The predicted molar refractivity (Wildman–Crippen MR) is 185 cm³/mol. The molecule has 0 unspecified atom stereocenters. The quantitative estimate of drug-likeness (QED) is 0.208. The molecule has 2 saturated heterocycles. The minimum absolute atomic E-state index is 0.0919. The fraction of sp³-hybridized carbons (Fsp3) is 0.459. The molecule has 0 atom stereocenters. The standard InChI is InChI=1S/C35H44ClFN4O4.C2H2/c1-25-6-7-27(35(42)43)22-33(25)41(21-19-40-16-12-30(44-2)13-17-40)20-18-39-14-10-26(11-15-39)32-4-3-5-34(38-32)45-24-28-8-9-29(36)23-31(28)37;1-2/h3-9,22-23,26,30H,10-21,24H2,1-2H3,(H,42,43);1-2H. The summed E-state index contributed by atoms with van der Waals surface area (Å²) in [4.78, 5) is 23.9. The number of carboxylic acids is 1. The van der Waals surface area contributed by atoms with Gasteiger partial charge < -0.3 is 29.3 Å². The van der Waals surface area contributed by atoms with E-state index in [9.17, 15) is 14.3 Å². The van der Waals surface area contributed by atoms with Crippen LogP contribution in [0, 0.1) is 25.6 Å². The lowest BCUT2D eigenvalue weighted by Gasteiger charge is -2.36. The number of halogens is 2. The lowest BCUT2D eigenvalue weighted by atomic mass is 9.93. The van der Waals surface area contributed by atoms with Gasteiger partial charge in [0.05, 0.1) is 11.7 Å². The Balaban J connectivity index is 0.00000245. The molecule has 5 rings (SSSR count). The molecule has 8 nitrogen and oxygen atoms in total. The molecule has 2 aromatic carbocycles. The molecule has 0 saturated carbocycles. The van der Waals surface area contributed by atoms with Gasteiger partial charge in [0.25, 0.3) is 0 Å². The van der Waals surface area contributed by atoms with Crippen molar-refractivity contribution in [3.05, 3.63) is 87.8 Å². The van der Waals surface area contributed by atoms with Crippen molar-refractivity contribution in [1.29, 1.82) is 0 Å². The molecule has 2 aliphatic rings. The monoisotopic (exact) mass is 664 g/mol. The average molecular weight is 665 g/mol. The van der Waals surface area contributed by atoms with Gasteiger partial charge in [-0.1, -0.05) is 29.8 Å². The molecular weight excluding hydrogens is 619 g/mol. The van der Waals surface area contributed by atoms with Gasteiger partial charge in [-0.25, -0.2) is 14.2 Å². The molecule has 3 aromatic rings. The zero-order valence-corrected chi connectivity index (χ0v) is 28.2. The van der Waals surface area contributed by atoms with Crippen LogP contribution in [0.3, 0.4) is 0 Å². The summed E-state index contributed by atoms with van der Waals surface area (Å²) >= 11 is 5.86. The van der Waals surface area contributed by atoms with Crippen LogP contribution < -0.4 is 9.64 Å². The molecule has 1 aromatic heterocycles. The Morgan fingerprint density at radius 3 is 2.28 bits per heavy atom. The first-order chi connectivity index (χ1) is 22.8. The highest BCUT2D eigenvalue weighted by Gasteiger charge is 2.24. The van der Waals surface area contributed by atoms with Crippen molar-refractivity contribution in [3.63, 3.8) is 0 Å². The molecule has 1 N–H and O–H groups in total. The maximum Gasteiger partial charge on any atom is 0.335 e. The number of ether oxygens (including phenoxy) is 2. The first-order valence-electron chi connectivity index (χ1n) is 16.2. The van der Waals surface area contributed by atoms with Crippen LogP contribution in [0.1, 0.15) is 58.8 Å². The van der Waals surface area contributed by atoms with E-state index in [1.54, 1.807) is 25.3 Å². The maximum absolute atomic E-state index is 14.2. The number of aromatic nitrogens is 1. The molecule has 10 heteroatoms. The highest BCUT2D eigenvalue weighted by molar-refractivity contribution is 6.30. The molecule has 3 heterocycles. The highest BCUT2D eigenvalue weighted by atomic mass is 35.5. The van der Waals surface area contributed by atoms with Gasteiger partial charge in [0.1, 0.15) is 12.4 Å². The van der Waals surface area contributed by atoms with Crippen LogP contribution in [0.2, 0.25) is 5.02 Å². The van der Waals surface area contributed by atoms with Crippen LogP contribution in [-0.4, -0.2) is 91.4 Å². The number of anilines is 1. The molecule has 0 bridgehead atoms. The van der Waals surface area contributed by atoms with E-state index in [2.05, 4.69) is 34.5 Å². The fourth-order valence-corrected chi connectivity index (χ4v) is 6.47. The van der Waals surface area contributed by atoms with E-state index in [-0.39, 0.29) is 12.4 Å². The summed E-state index contributed by atoms with van der Waals surface area (Å²) in [5.41, 5.74) is 3.84. The van der Waals surface area contributed by atoms with Crippen LogP contribution >= 0.6 is 11.6 Å². The molecule has 47 heavy (non-hydrogen) atoms. The Morgan fingerprint density at radius 1 is 1.00 bits per heavy atom. The molecule has 252 valence electrons. The summed E-state index contributed by atoms with van der Waals surface area (Å²) in [6.07, 6.45) is 12.4. The largest absolute Gasteiger partial charge is 0.478 e. The van der Waals surface area contributed by atoms with E-state index < -0.39 is 5.97 Å². The minimum Gasteiger partial charge on any atom is -0.478 e. The second-order valence-corrected chi connectivity index (χ2v) is 12.5. The highest BCUT2D eigenvalue weighted by Crippen LogP contribution is 2.29. The van der Waals surface area contributed by atoms with Crippen molar-refractivity contribution in [1.82, 2.24) is 14.8 Å². The molecule has 0 radical (unpaired) electrons. The number of pyridine rings is 1. The van der Waals surface area contributed by atoms with Gasteiger partial charge in [0.15, 0.2) is 0 Å². The predicted octanol–water partition coefficient (Wildman–Crippen LogP) is 6.51. The molecule has 2 aliphatic heterocycles. The minimum atomic E-state index is -0.903. The van der Waals surface area contributed by atoms with Gasteiger partial charge in [0, 0.05) is 80.3 Å². The third-order valence-corrected chi connectivity index (χ3v) is 9.41. The smallest absolute Gasteiger partial charge is 0.335 e. The van der Waals surface area contributed by atoms with Gasteiger partial charge in [0.2, 0.25) is 5.88 Å². The number of carbonyl (C=O) groups is 1. The number of aromatic carboxylic acids is 1. The van der Waals surface area contributed by atoms with Crippen molar-refractivity contribution in [2.75, 3.05) is 64.4 Å². The van der Waals surface area contributed by atoms with Crippen molar-refractivity contribution in [2.45, 2.75) is 51.2 Å². The maximum atomic E-state index is 14.2. The number of terminal acetylenes is 1. The first kappa shape index (κ1) is 36.2. The lowest BCUT2D eigenvalue weighted by molar-refractivity contribution is 0.0419. The Bertz CT molecular complexity index is 1470. The van der Waals surface area contributed by atoms with Crippen molar-refractivity contribution in [2.24, 2.45) is 0 Å². The molecular formula is C37H46ClFN4O4. The van der Waals surface area contributed by atoms with E-state index >= 15 is 0 Å². The number of rotatable bonds is 13. The Morgan fingerprint density at radius 2 is 1.66 bits per heavy atom. The van der Waals surface area contributed by atoms with Crippen LogP contribution in [0.4, 0.5) is 10.1 Å². The number of nitrogens with zero attached hydrogens (tertiary/aromatic N) is 4. The van der Waals surface area contributed by atoms with Gasteiger partial charge in [-0.2, -0.15) is 0 Å². The summed E-state index contributed by atoms with van der Waals surface area (Å²) in [5.74, 6) is -0.468. The second-order valence-electron chi connectivity index (χ2n) is 12.1. The summed E-state index contributed by atoms with van der Waals surface area (Å²) in [7, 11) is 1.79. The molecule has 0 aliphatic carbocycles. The summed E-state index contributed by atoms with van der Waals surface area (Å²) < 4.78 is 25.5. The Hall–Kier alpha value is -3.68. The van der Waals surface area contributed by atoms with Crippen molar-refractivity contribution < 1.29 is 23.8 Å². The fourth-order valence-electron chi connectivity index (χ4n) is 6.31. The molecule has 2 fully saturated rings. The number of carboxylic acid groups (broad SMARTS) is 1. The number of methoxy groups -OCH3 is 1. The van der Waals surface area contributed by atoms with Gasteiger partial charge in [-0.05, 0) is 81.6 Å². The van der Waals surface area contributed by atoms with Crippen molar-refractivity contribution >= 4 is 23.3 Å². The Labute approximate surface area is 283 Å². The molecule has 0 spiro atoms. The number of hydrogen-bond donors (Lipinski definition) is 1. The zero-order chi connectivity index (χ0) is 33.8. The van der Waals surface area contributed by atoms with E-state index in [1.165, 1.54) is 6.07 Å². The van der Waals surface area contributed by atoms with Crippen LogP contribution in [-0.2, 0) is 11.3 Å². The normalized spacial score (nSPS) is 16.3. The van der Waals surface area contributed by atoms with E-state index in [1.807, 2.05) is 30.3 Å². The van der Waals surface area contributed by atoms with Crippen LogP contribution in [0.15, 0.2) is 54.6 Å². The van der Waals surface area contributed by atoms with E-state index in [0.29, 0.717) is 34.1 Å². The number of aryl methyl sites for hydroxylation is 1. The second kappa shape index (κ2) is 18.0. The number of piperidine rings is 2. The van der Waals surface area contributed by atoms with Gasteiger partial charge >= 0.3 is 5.97 Å². The molecule has 0 amide bonds. The summed E-state index contributed by atoms with van der Waals surface area (Å²) in [5, 5.41) is 10.0. The van der Waals surface area contributed by atoms with Gasteiger partial charge in [-0.15, -0.1) is 12.8 Å². The van der Waals surface area contributed by atoms with Crippen LogP contribution in [0.25, 0.3) is 0 Å². The number of hydrogen-bond acceptors (Lipinski definition) is 7. The van der Waals surface area contributed by atoms with E-state index in [4.69, 9.17) is 26.1 Å². The SMILES string of the molecule is C#C.COC1CCN(CCN(CCN2CCC(c3cccc(OCc4ccc(Cl)cc4F)n3)CC2)c2cc(C(=O)O)ccc2C)CC1. The summed E-state index contributed by atoms with van der Waals surface area (Å²) in [6.45, 7) is 9.61. The van der Waals surface area contributed by atoms with Gasteiger partial charge in [-0.3, -0.25) is 0 Å². The third kappa shape index (κ3) is 10.4. The Kier molecular flexibility index (Phi) is 13.9. The first-order valence-corrected chi connectivity index (χ1v) is 16.6. The average Bonchev–Trinajstić information content (AvgIpc) is 3.10. The third-order valence-electron chi connectivity index (χ3n) is 9.18. The summed E-state index contributed by atoms with van der Waals surface area (Å²) in [6, 6.07) is 15.8. The topological polar surface area (TPSA) is 78.4 Å². The van der Waals surface area contributed by atoms with E-state index in [0.717, 1.165) is 95.0 Å². The lowest BCUT2D eigenvalue weighted by Crippen LogP contribution is -2.44. The van der Waals surface area contributed by atoms with Crippen LogP contribution in [0.5, 0.6) is 5.88 Å². The number of benzene rings is 2. The zero-order valence-electron chi connectivity index (χ0n) is 27.4.